The molecule has 0 radical (unpaired) electrons. The fraction of sp³-hybridized carbons (Fsp3) is 0.667. The van der Waals surface area contributed by atoms with Gasteiger partial charge in [-0.2, -0.15) is 0 Å². The summed E-state index contributed by atoms with van der Waals surface area (Å²) >= 11 is 0. The van der Waals surface area contributed by atoms with Gasteiger partial charge in [0.15, 0.2) is 0 Å². The van der Waals surface area contributed by atoms with Gasteiger partial charge in [-0.15, -0.1) is 0 Å². The third-order valence-electron chi connectivity index (χ3n) is 4.24. The third kappa shape index (κ3) is 4.67. The molecule has 128 valence electrons. The molecular formula is C18H28N2O3. The minimum absolute atomic E-state index is 0.0524. The summed E-state index contributed by atoms with van der Waals surface area (Å²) in [4.78, 5) is 17.0. The standard InChI is InChI=1S/C18H28N2O3/c1-4-11-23-18(10-6-7-14(3)12-18)17(21)20-15-8-9-16(19-13-15)22-5-2/h8-9,13-14H,4-7,10-12H2,1-3H3,(H,20,21)/t14-,18-/m1/s1. The molecule has 1 aromatic heterocycles. The Bertz CT molecular complexity index is 503. The molecule has 0 saturated heterocycles. The van der Waals surface area contributed by atoms with E-state index in [9.17, 15) is 4.79 Å². The lowest BCUT2D eigenvalue weighted by Gasteiger charge is -2.38. The molecule has 2 rings (SSSR count). The van der Waals surface area contributed by atoms with Crippen molar-refractivity contribution in [2.45, 2.75) is 58.5 Å². The average molecular weight is 320 g/mol. The second-order valence-corrected chi connectivity index (χ2v) is 6.32. The van der Waals surface area contributed by atoms with E-state index in [2.05, 4.69) is 24.1 Å². The number of amides is 1. The van der Waals surface area contributed by atoms with Crippen LogP contribution >= 0.6 is 0 Å². The molecule has 1 fully saturated rings. The minimum Gasteiger partial charge on any atom is -0.478 e. The van der Waals surface area contributed by atoms with E-state index in [-0.39, 0.29) is 5.91 Å². The number of pyridine rings is 1. The van der Waals surface area contributed by atoms with Crippen molar-refractivity contribution < 1.29 is 14.3 Å². The summed E-state index contributed by atoms with van der Waals surface area (Å²) in [5, 5.41) is 2.97. The molecule has 0 aliphatic heterocycles. The highest BCUT2D eigenvalue weighted by atomic mass is 16.5. The number of aromatic nitrogens is 1. The van der Waals surface area contributed by atoms with Gasteiger partial charge in [0.2, 0.25) is 5.88 Å². The van der Waals surface area contributed by atoms with Gasteiger partial charge in [0.05, 0.1) is 18.5 Å². The molecule has 1 N–H and O–H groups in total. The Labute approximate surface area is 138 Å². The third-order valence-corrected chi connectivity index (χ3v) is 4.24. The number of carbonyl (C=O) groups excluding carboxylic acids is 1. The molecule has 1 amide bonds. The van der Waals surface area contributed by atoms with E-state index < -0.39 is 5.60 Å². The van der Waals surface area contributed by atoms with Crippen LogP contribution in [-0.2, 0) is 9.53 Å². The van der Waals surface area contributed by atoms with Gasteiger partial charge < -0.3 is 14.8 Å². The number of nitrogens with one attached hydrogen (secondary N) is 1. The number of anilines is 1. The van der Waals surface area contributed by atoms with Gasteiger partial charge in [0.25, 0.3) is 5.91 Å². The van der Waals surface area contributed by atoms with E-state index in [1.807, 2.05) is 13.0 Å². The summed E-state index contributed by atoms with van der Waals surface area (Å²) in [5.74, 6) is 1.02. The van der Waals surface area contributed by atoms with Crippen LogP contribution in [0.1, 0.15) is 52.9 Å². The van der Waals surface area contributed by atoms with Gasteiger partial charge in [0.1, 0.15) is 5.60 Å². The van der Waals surface area contributed by atoms with Crippen molar-refractivity contribution in [3.05, 3.63) is 18.3 Å². The number of ether oxygens (including phenoxy) is 2. The fourth-order valence-corrected chi connectivity index (χ4v) is 3.14. The van der Waals surface area contributed by atoms with Gasteiger partial charge in [0, 0.05) is 12.7 Å². The van der Waals surface area contributed by atoms with Crippen LogP contribution in [0.5, 0.6) is 5.88 Å². The second-order valence-electron chi connectivity index (χ2n) is 6.32. The SMILES string of the molecule is CCCO[C@]1(C(=O)Nc2ccc(OCC)nc2)CCC[C@@H](C)C1. The first-order valence-corrected chi connectivity index (χ1v) is 8.64. The highest BCUT2D eigenvalue weighted by Crippen LogP contribution is 2.36. The van der Waals surface area contributed by atoms with Crippen LogP contribution in [0.15, 0.2) is 18.3 Å². The van der Waals surface area contributed by atoms with Crippen LogP contribution in [-0.4, -0.2) is 29.7 Å². The van der Waals surface area contributed by atoms with Crippen LogP contribution < -0.4 is 10.1 Å². The Balaban J connectivity index is 2.07. The number of hydrogen-bond donors (Lipinski definition) is 1. The molecule has 23 heavy (non-hydrogen) atoms. The van der Waals surface area contributed by atoms with Crippen LogP contribution in [0, 0.1) is 5.92 Å². The lowest BCUT2D eigenvalue weighted by Crippen LogP contribution is -2.48. The molecule has 5 heteroatoms. The van der Waals surface area contributed by atoms with Crippen molar-refractivity contribution in [1.29, 1.82) is 0 Å². The molecule has 1 heterocycles. The smallest absolute Gasteiger partial charge is 0.256 e. The summed E-state index contributed by atoms with van der Waals surface area (Å²) in [6.45, 7) is 7.35. The summed E-state index contributed by atoms with van der Waals surface area (Å²) < 4.78 is 11.3. The van der Waals surface area contributed by atoms with Gasteiger partial charge >= 0.3 is 0 Å². The van der Waals surface area contributed by atoms with E-state index in [4.69, 9.17) is 9.47 Å². The highest BCUT2D eigenvalue weighted by Gasteiger charge is 2.42. The van der Waals surface area contributed by atoms with Crippen LogP contribution in [0.4, 0.5) is 5.69 Å². The van der Waals surface area contributed by atoms with Crippen LogP contribution in [0.25, 0.3) is 0 Å². The molecule has 1 aliphatic rings. The van der Waals surface area contributed by atoms with Crippen molar-refractivity contribution in [1.82, 2.24) is 4.98 Å². The topological polar surface area (TPSA) is 60.5 Å². The predicted molar refractivity (Wildman–Crippen MR) is 90.6 cm³/mol. The molecule has 0 spiro atoms. The first-order chi connectivity index (χ1) is 11.1. The maximum absolute atomic E-state index is 12.9. The number of rotatable bonds is 7. The number of carbonyl (C=O) groups is 1. The maximum Gasteiger partial charge on any atom is 0.256 e. The zero-order chi connectivity index (χ0) is 16.7. The Morgan fingerprint density at radius 2 is 2.26 bits per heavy atom. The normalized spacial score (nSPS) is 24.2. The Kier molecular flexibility index (Phi) is 6.39. The molecule has 1 aliphatic carbocycles. The molecular weight excluding hydrogens is 292 g/mol. The van der Waals surface area contributed by atoms with Crippen molar-refractivity contribution in [2.75, 3.05) is 18.5 Å². The van der Waals surface area contributed by atoms with Crippen molar-refractivity contribution in [3.63, 3.8) is 0 Å². The molecule has 0 aromatic carbocycles. The van der Waals surface area contributed by atoms with Gasteiger partial charge in [-0.3, -0.25) is 4.79 Å². The second kappa shape index (κ2) is 8.29. The van der Waals surface area contributed by atoms with E-state index in [0.29, 0.717) is 30.7 Å². The lowest BCUT2D eigenvalue weighted by atomic mass is 9.78. The summed E-state index contributed by atoms with van der Waals surface area (Å²) in [6, 6.07) is 3.58. The van der Waals surface area contributed by atoms with Gasteiger partial charge in [-0.1, -0.05) is 20.3 Å². The lowest BCUT2D eigenvalue weighted by molar-refractivity contribution is -0.148. The monoisotopic (exact) mass is 320 g/mol. The highest BCUT2D eigenvalue weighted by molar-refractivity contribution is 5.97. The van der Waals surface area contributed by atoms with E-state index >= 15 is 0 Å². The van der Waals surface area contributed by atoms with Gasteiger partial charge in [-0.05, 0) is 44.6 Å². The molecule has 0 unspecified atom stereocenters. The molecule has 2 atom stereocenters. The van der Waals surface area contributed by atoms with Crippen LogP contribution in [0.3, 0.4) is 0 Å². The van der Waals surface area contributed by atoms with Crippen LogP contribution in [0.2, 0.25) is 0 Å². The summed E-state index contributed by atoms with van der Waals surface area (Å²) in [6.07, 6.45) is 6.29. The Hall–Kier alpha value is -1.62. The first kappa shape index (κ1) is 17.7. The van der Waals surface area contributed by atoms with E-state index in [1.165, 1.54) is 0 Å². The van der Waals surface area contributed by atoms with Gasteiger partial charge in [-0.25, -0.2) is 4.98 Å². The zero-order valence-corrected chi connectivity index (χ0v) is 14.4. The molecule has 0 bridgehead atoms. The average Bonchev–Trinajstić information content (AvgIpc) is 2.55. The van der Waals surface area contributed by atoms with Crippen molar-refractivity contribution in [3.8, 4) is 5.88 Å². The Morgan fingerprint density at radius 3 is 2.87 bits per heavy atom. The summed E-state index contributed by atoms with van der Waals surface area (Å²) in [7, 11) is 0. The van der Waals surface area contributed by atoms with Crippen molar-refractivity contribution >= 4 is 11.6 Å². The first-order valence-electron chi connectivity index (χ1n) is 8.64. The quantitative estimate of drug-likeness (QED) is 0.830. The maximum atomic E-state index is 12.9. The number of nitrogens with zero attached hydrogens (tertiary/aromatic N) is 1. The fourth-order valence-electron chi connectivity index (χ4n) is 3.14. The predicted octanol–water partition coefficient (Wildman–Crippen LogP) is 3.79. The molecule has 5 nitrogen and oxygen atoms in total. The minimum atomic E-state index is -0.702. The largest absolute Gasteiger partial charge is 0.478 e. The van der Waals surface area contributed by atoms with E-state index in [0.717, 1.165) is 32.1 Å². The Morgan fingerprint density at radius 1 is 1.43 bits per heavy atom. The zero-order valence-electron chi connectivity index (χ0n) is 14.4. The van der Waals surface area contributed by atoms with E-state index in [1.54, 1.807) is 12.3 Å². The molecule has 1 aromatic rings. The summed E-state index contributed by atoms with van der Waals surface area (Å²) in [5.41, 5.74) is -0.0251. The number of hydrogen-bond acceptors (Lipinski definition) is 4. The van der Waals surface area contributed by atoms with Crippen molar-refractivity contribution in [2.24, 2.45) is 5.92 Å². The molecule has 1 saturated carbocycles.